The summed E-state index contributed by atoms with van der Waals surface area (Å²) in [6, 6.07) is 1.10. The lowest BCUT2D eigenvalue weighted by Gasteiger charge is -2.17. The summed E-state index contributed by atoms with van der Waals surface area (Å²) >= 11 is 0. The Morgan fingerprint density at radius 1 is 1.39 bits per heavy atom. The molecule has 4 N–H and O–H groups in total. The van der Waals surface area contributed by atoms with Crippen LogP contribution in [-0.4, -0.2) is 49.3 Å². The van der Waals surface area contributed by atoms with E-state index in [0.717, 1.165) is 16.8 Å². The minimum absolute atomic E-state index is 0.573. The molecule has 0 radical (unpaired) electrons. The highest BCUT2D eigenvalue weighted by molar-refractivity contribution is 4.94. The molecule has 0 aromatic carbocycles. The first-order valence-electron chi connectivity index (χ1n) is 5.43. The molecule has 0 aliphatic carbocycles. The van der Waals surface area contributed by atoms with Crippen LogP contribution in [0.3, 0.4) is 0 Å². The second kappa shape index (κ2) is 4.65. The van der Waals surface area contributed by atoms with Crippen molar-refractivity contribution in [3.63, 3.8) is 0 Å². The van der Waals surface area contributed by atoms with Crippen molar-refractivity contribution in [3.8, 4) is 0 Å². The zero-order valence-electron chi connectivity index (χ0n) is 9.56. The lowest BCUT2D eigenvalue weighted by molar-refractivity contribution is -0.0804. The molecule has 1 aromatic heterocycles. The minimum Gasteiger partial charge on any atom is -0.391 e. The van der Waals surface area contributed by atoms with Gasteiger partial charge in [0.05, 0.1) is 6.10 Å². The van der Waals surface area contributed by atoms with E-state index in [4.69, 9.17) is 4.74 Å². The first-order valence-corrected chi connectivity index (χ1v) is 5.43. The van der Waals surface area contributed by atoms with Crippen LogP contribution in [-0.2, 0) is 4.74 Å². The SMILES string of the molecule is C[C@@H](O)[C@H]1OC(n2ccc(=O)[nH]c2=O)[C@H](O)[C@@H]1O. The van der Waals surface area contributed by atoms with E-state index in [0.29, 0.717) is 0 Å². The lowest BCUT2D eigenvalue weighted by Crippen LogP contribution is -2.38. The Hall–Kier alpha value is -1.48. The molecule has 18 heavy (non-hydrogen) atoms. The maximum Gasteiger partial charge on any atom is 0.330 e. The van der Waals surface area contributed by atoms with Crippen molar-refractivity contribution in [2.24, 2.45) is 0 Å². The first kappa shape index (κ1) is 13.0. The van der Waals surface area contributed by atoms with Crippen LogP contribution in [0, 0.1) is 0 Å². The molecule has 1 aliphatic rings. The predicted octanol–water partition coefficient (Wildman–Crippen LogP) is -2.46. The second-order valence-electron chi connectivity index (χ2n) is 4.23. The van der Waals surface area contributed by atoms with Gasteiger partial charge in [-0.2, -0.15) is 0 Å². The molecule has 100 valence electrons. The molecule has 0 bridgehead atoms. The predicted molar refractivity (Wildman–Crippen MR) is 58.9 cm³/mol. The van der Waals surface area contributed by atoms with Crippen LogP contribution < -0.4 is 11.2 Å². The fourth-order valence-electron chi connectivity index (χ4n) is 1.94. The van der Waals surface area contributed by atoms with Gasteiger partial charge in [-0.1, -0.05) is 0 Å². The molecule has 1 unspecified atom stereocenters. The summed E-state index contributed by atoms with van der Waals surface area (Å²) in [5.74, 6) is 0. The van der Waals surface area contributed by atoms with Gasteiger partial charge in [0.1, 0.15) is 18.3 Å². The van der Waals surface area contributed by atoms with Gasteiger partial charge in [0.2, 0.25) is 0 Å². The van der Waals surface area contributed by atoms with Crippen LogP contribution in [0.25, 0.3) is 0 Å². The number of H-pyrrole nitrogens is 1. The standard InChI is InChI=1S/C10H14N2O6/c1-4(13)8-6(15)7(16)9(18-8)12-3-2-5(14)11-10(12)17/h2-4,6-9,13,15-16H,1H3,(H,11,14,17)/t4-,6+,7-,8-,9?/m1/s1. The summed E-state index contributed by atoms with van der Waals surface area (Å²) in [5, 5.41) is 28.8. The zero-order valence-corrected chi connectivity index (χ0v) is 9.56. The second-order valence-corrected chi connectivity index (χ2v) is 4.23. The average Bonchev–Trinajstić information content (AvgIpc) is 2.57. The summed E-state index contributed by atoms with van der Waals surface area (Å²) in [5.41, 5.74) is -1.33. The normalized spacial score (nSPS) is 33.6. The van der Waals surface area contributed by atoms with Crippen LogP contribution in [0.5, 0.6) is 0 Å². The molecule has 2 heterocycles. The molecule has 1 fully saturated rings. The topological polar surface area (TPSA) is 125 Å². The molecule has 1 aromatic rings. The van der Waals surface area contributed by atoms with Crippen molar-refractivity contribution in [1.29, 1.82) is 0 Å². The van der Waals surface area contributed by atoms with Gasteiger partial charge in [-0.15, -0.1) is 0 Å². The highest BCUT2D eigenvalue weighted by Crippen LogP contribution is 2.29. The molecule has 1 saturated heterocycles. The summed E-state index contributed by atoms with van der Waals surface area (Å²) in [4.78, 5) is 24.5. The van der Waals surface area contributed by atoms with Crippen LogP contribution >= 0.6 is 0 Å². The summed E-state index contributed by atoms with van der Waals surface area (Å²) in [6.45, 7) is 1.40. The first-order chi connectivity index (χ1) is 8.41. The number of hydrogen-bond donors (Lipinski definition) is 4. The average molecular weight is 258 g/mol. The van der Waals surface area contributed by atoms with E-state index < -0.39 is 41.9 Å². The third-order valence-electron chi connectivity index (χ3n) is 2.88. The van der Waals surface area contributed by atoms with E-state index in [2.05, 4.69) is 0 Å². The number of aromatic amines is 1. The largest absolute Gasteiger partial charge is 0.391 e. The van der Waals surface area contributed by atoms with Crippen LogP contribution in [0.2, 0.25) is 0 Å². The number of nitrogens with one attached hydrogen (secondary N) is 1. The molecule has 1 aliphatic heterocycles. The van der Waals surface area contributed by atoms with Crippen molar-refractivity contribution in [2.45, 2.75) is 37.6 Å². The fraction of sp³-hybridized carbons (Fsp3) is 0.600. The van der Waals surface area contributed by atoms with E-state index >= 15 is 0 Å². The molecular weight excluding hydrogens is 244 g/mol. The molecular formula is C10H14N2O6. The van der Waals surface area contributed by atoms with Crippen LogP contribution in [0.4, 0.5) is 0 Å². The maximum atomic E-state index is 11.5. The van der Waals surface area contributed by atoms with Crippen molar-refractivity contribution in [2.75, 3.05) is 0 Å². The highest BCUT2D eigenvalue weighted by atomic mass is 16.6. The number of rotatable bonds is 2. The highest BCUT2D eigenvalue weighted by Gasteiger charge is 2.45. The van der Waals surface area contributed by atoms with Gasteiger partial charge in [0, 0.05) is 12.3 Å². The van der Waals surface area contributed by atoms with Gasteiger partial charge >= 0.3 is 5.69 Å². The van der Waals surface area contributed by atoms with Crippen molar-refractivity contribution >= 4 is 0 Å². The Labute approximate surface area is 101 Å². The zero-order chi connectivity index (χ0) is 13.4. The Balaban J connectivity index is 2.35. The Morgan fingerprint density at radius 2 is 2.06 bits per heavy atom. The molecule has 0 saturated carbocycles. The van der Waals surface area contributed by atoms with Gasteiger partial charge in [0.15, 0.2) is 6.23 Å². The van der Waals surface area contributed by atoms with Gasteiger partial charge in [0.25, 0.3) is 5.56 Å². The lowest BCUT2D eigenvalue weighted by atomic mass is 10.1. The Kier molecular flexibility index (Phi) is 3.35. The number of nitrogens with zero attached hydrogens (tertiary/aromatic N) is 1. The number of aliphatic hydroxyl groups excluding tert-OH is 3. The van der Waals surface area contributed by atoms with Gasteiger partial charge < -0.3 is 20.1 Å². The van der Waals surface area contributed by atoms with E-state index in [-0.39, 0.29) is 0 Å². The number of aliphatic hydroxyl groups is 3. The molecule has 2 rings (SSSR count). The van der Waals surface area contributed by atoms with Crippen molar-refractivity contribution < 1.29 is 20.1 Å². The fourth-order valence-corrected chi connectivity index (χ4v) is 1.94. The summed E-state index contributed by atoms with van der Waals surface area (Å²) in [6.07, 6.45) is -4.67. The third kappa shape index (κ3) is 2.10. The maximum absolute atomic E-state index is 11.5. The van der Waals surface area contributed by atoms with Gasteiger partial charge in [-0.05, 0) is 6.92 Å². The smallest absolute Gasteiger partial charge is 0.330 e. The molecule has 5 atom stereocenters. The number of hydrogen-bond acceptors (Lipinski definition) is 6. The van der Waals surface area contributed by atoms with E-state index in [1.54, 1.807) is 0 Å². The summed E-state index contributed by atoms with van der Waals surface area (Å²) in [7, 11) is 0. The Bertz CT molecular complexity index is 536. The minimum atomic E-state index is -1.37. The molecule has 0 spiro atoms. The third-order valence-corrected chi connectivity index (χ3v) is 2.88. The summed E-state index contributed by atoms with van der Waals surface area (Å²) < 4.78 is 6.20. The van der Waals surface area contributed by atoms with E-state index in [9.17, 15) is 24.9 Å². The molecule has 8 nitrogen and oxygen atoms in total. The van der Waals surface area contributed by atoms with E-state index in [1.165, 1.54) is 6.92 Å². The van der Waals surface area contributed by atoms with Crippen molar-refractivity contribution in [3.05, 3.63) is 33.1 Å². The Morgan fingerprint density at radius 3 is 2.56 bits per heavy atom. The van der Waals surface area contributed by atoms with Gasteiger partial charge in [-0.25, -0.2) is 4.79 Å². The monoisotopic (exact) mass is 258 g/mol. The molecule has 0 amide bonds. The van der Waals surface area contributed by atoms with E-state index in [1.807, 2.05) is 4.98 Å². The van der Waals surface area contributed by atoms with Crippen molar-refractivity contribution in [1.82, 2.24) is 9.55 Å². The quantitative estimate of drug-likeness (QED) is 0.466. The van der Waals surface area contributed by atoms with Gasteiger partial charge in [-0.3, -0.25) is 14.3 Å². The number of ether oxygens (including phenoxy) is 1. The number of aromatic nitrogens is 2. The van der Waals surface area contributed by atoms with Crippen LogP contribution in [0.1, 0.15) is 13.2 Å². The van der Waals surface area contributed by atoms with Crippen LogP contribution in [0.15, 0.2) is 21.9 Å². The molecule has 8 heteroatoms.